The van der Waals surface area contributed by atoms with Gasteiger partial charge in [-0.1, -0.05) is 25.5 Å². The summed E-state index contributed by atoms with van der Waals surface area (Å²) >= 11 is 0. The zero-order chi connectivity index (χ0) is 15.6. The van der Waals surface area contributed by atoms with E-state index >= 15 is 0 Å². The van der Waals surface area contributed by atoms with Gasteiger partial charge in [0, 0.05) is 13.2 Å². The smallest absolute Gasteiger partial charge is 0.246 e. The fourth-order valence-corrected chi connectivity index (χ4v) is 2.65. The lowest BCUT2D eigenvalue weighted by atomic mass is 9.89. The molecule has 1 fully saturated rings. The zero-order valence-corrected chi connectivity index (χ0v) is 13.1. The number of carbonyl (C=O) groups excluding carboxylic acids is 2. The molecule has 0 radical (unpaired) electrons. The highest BCUT2D eigenvalue weighted by molar-refractivity contribution is 5.99. The van der Waals surface area contributed by atoms with Crippen molar-refractivity contribution in [2.45, 2.75) is 58.2 Å². The maximum atomic E-state index is 12.7. The summed E-state index contributed by atoms with van der Waals surface area (Å²) in [7, 11) is 1.78. The van der Waals surface area contributed by atoms with Gasteiger partial charge in [-0.2, -0.15) is 0 Å². The van der Waals surface area contributed by atoms with Gasteiger partial charge >= 0.3 is 0 Å². The fourth-order valence-electron chi connectivity index (χ4n) is 2.65. The van der Waals surface area contributed by atoms with Crippen LogP contribution in [-0.4, -0.2) is 43.3 Å². The molecule has 2 rings (SSSR count). The van der Waals surface area contributed by atoms with Gasteiger partial charge < -0.3 is 10.2 Å². The average molecular weight is 293 g/mol. The minimum Gasteiger partial charge on any atom is -0.342 e. The van der Waals surface area contributed by atoms with E-state index in [2.05, 4.69) is 15.6 Å². The minimum atomic E-state index is -0.834. The van der Waals surface area contributed by atoms with Gasteiger partial charge in [0.05, 0.1) is 6.54 Å². The highest BCUT2D eigenvalue weighted by Gasteiger charge is 2.48. The quantitative estimate of drug-likeness (QED) is 0.862. The highest BCUT2D eigenvalue weighted by atomic mass is 16.2. The van der Waals surface area contributed by atoms with Crippen LogP contribution in [0, 0.1) is 0 Å². The molecule has 2 atom stereocenters. The molecule has 0 aliphatic carbocycles. The molecule has 1 aromatic rings. The molecule has 0 aromatic carbocycles. The van der Waals surface area contributed by atoms with Gasteiger partial charge in [-0.3, -0.25) is 14.3 Å². The summed E-state index contributed by atoms with van der Waals surface area (Å²) in [6.45, 7) is 6.03. The molecule has 1 aromatic heterocycles. The number of aryl methyl sites for hydroxylation is 1. The lowest BCUT2D eigenvalue weighted by Gasteiger charge is -2.45. The van der Waals surface area contributed by atoms with Crippen LogP contribution in [0.1, 0.15) is 45.7 Å². The van der Waals surface area contributed by atoms with Gasteiger partial charge in [0.25, 0.3) is 0 Å². The van der Waals surface area contributed by atoms with Gasteiger partial charge in [-0.25, -0.2) is 0 Å². The lowest BCUT2D eigenvalue weighted by molar-refractivity contribution is -0.157. The van der Waals surface area contributed by atoms with E-state index in [1.165, 1.54) is 0 Å². The molecule has 0 spiro atoms. The second kappa shape index (κ2) is 5.83. The Labute approximate surface area is 124 Å². The van der Waals surface area contributed by atoms with Crippen molar-refractivity contribution in [1.82, 2.24) is 25.2 Å². The molecule has 0 bridgehead atoms. The van der Waals surface area contributed by atoms with E-state index in [1.807, 2.05) is 13.8 Å². The van der Waals surface area contributed by atoms with Crippen LogP contribution in [0.3, 0.4) is 0 Å². The molecular formula is C14H23N5O2. The van der Waals surface area contributed by atoms with Crippen molar-refractivity contribution in [2.75, 3.05) is 0 Å². The number of amides is 2. The Morgan fingerprint density at radius 2 is 2.10 bits per heavy atom. The molecule has 2 unspecified atom stereocenters. The predicted octanol–water partition coefficient (Wildman–Crippen LogP) is 0.611. The maximum absolute atomic E-state index is 12.7. The van der Waals surface area contributed by atoms with Crippen molar-refractivity contribution in [3.05, 3.63) is 11.9 Å². The molecule has 1 saturated heterocycles. The Hall–Kier alpha value is -1.92. The van der Waals surface area contributed by atoms with Crippen molar-refractivity contribution >= 4 is 11.8 Å². The Kier molecular flexibility index (Phi) is 4.29. The summed E-state index contributed by atoms with van der Waals surface area (Å²) in [6, 6.07) is -0.432. The molecule has 1 aliphatic heterocycles. The zero-order valence-electron chi connectivity index (χ0n) is 13.1. The number of aromatic nitrogens is 3. The summed E-state index contributed by atoms with van der Waals surface area (Å²) in [5.74, 6) is -0.126. The van der Waals surface area contributed by atoms with E-state index in [1.54, 1.807) is 29.7 Å². The molecule has 21 heavy (non-hydrogen) atoms. The van der Waals surface area contributed by atoms with E-state index in [0.29, 0.717) is 25.1 Å². The monoisotopic (exact) mass is 293 g/mol. The number of carbonyl (C=O) groups is 2. The standard InChI is InChI=1S/C14H23N5O2/c1-5-7-11-12(20)19(9-10-8-18(4)17-16-10)14(3,6-2)13(21)15-11/h8,11H,5-7,9H2,1-4H3,(H,15,21). The van der Waals surface area contributed by atoms with Crippen LogP contribution in [0.4, 0.5) is 0 Å². The van der Waals surface area contributed by atoms with Crippen LogP contribution in [-0.2, 0) is 23.2 Å². The number of piperazine rings is 1. The topological polar surface area (TPSA) is 80.1 Å². The van der Waals surface area contributed by atoms with Gasteiger partial charge in [-0.05, 0) is 19.8 Å². The van der Waals surface area contributed by atoms with Gasteiger partial charge in [-0.15, -0.1) is 5.10 Å². The van der Waals surface area contributed by atoms with Crippen molar-refractivity contribution in [3.8, 4) is 0 Å². The molecule has 116 valence electrons. The van der Waals surface area contributed by atoms with E-state index < -0.39 is 11.6 Å². The highest BCUT2D eigenvalue weighted by Crippen LogP contribution is 2.27. The average Bonchev–Trinajstić information content (AvgIpc) is 2.86. The van der Waals surface area contributed by atoms with Crippen LogP contribution in [0.5, 0.6) is 0 Å². The second-order valence-corrected chi connectivity index (χ2v) is 5.75. The first-order valence-electron chi connectivity index (χ1n) is 7.40. The first kappa shape index (κ1) is 15.5. The van der Waals surface area contributed by atoms with Gasteiger partial charge in [0.15, 0.2) is 0 Å². The molecule has 2 heterocycles. The summed E-state index contributed by atoms with van der Waals surface area (Å²) in [5, 5.41) is 10.8. The number of rotatable bonds is 5. The SMILES string of the molecule is CCCC1NC(=O)C(C)(CC)N(Cc2cn(C)nn2)C1=O. The summed E-state index contributed by atoms with van der Waals surface area (Å²) in [6.07, 6.45) is 3.83. The maximum Gasteiger partial charge on any atom is 0.246 e. The van der Waals surface area contributed by atoms with Crippen LogP contribution < -0.4 is 5.32 Å². The van der Waals surface area contributed by atoms with Crippen molar-refractivity contribution in [1.29, 1.82) is 0 Å². The molecule has 0 saturated carbocycles. The summed E-state index contributed by atoms with van der Waals surface area (Å²) in [4.78, 5) is 26.8. The van der Waals surface area contributed by atoms with Crippen molar-refractivity contribution < 1.29 is 9.59 Å². The Morgan fingerprint density at radius 1 is 1.38 bits per heavy atom. The fraction of sp³-hybridized carbons (Fsp3) is 0.714. The Balaban J connectivity index is 2.30. The molecule has 1 aliphatic rings. The van der Waals surface area contributed by atoms with Gasteiger partial charge in [0.1, 0.15) is 17.3 Å². The van der Waals surface area contributed by atoms with E-state index in [4.69, 9.17) is 0 Å². The predicted molar refractivity (Wildman–Crippen MR) is 77.1 cm³/mol. The van der Waals surface area contributed by atoms with E-state index in [0.717, 1.165) is 6.42 Å². The van der Waals surface area contributed by atoms with Crippen molar-refractivity contribution in [3.63, 3.8) is 0 Å². The first-order valence-corrected chi connectivity index (χ1v) is 7.40. The number of nitrogens with zero attached hydrogens (tertiary/aromatic N) is 4. The Morgan fingerprint density at radius 3 is 2.62 bits per heavy atom. The van der Waals surface area contributed by atoms with Crippen LogP contribution in [0.15, 0.2) is 6.20 Å². The van der Waals surface area contributed by atoms with Crippen LogP contribution in [0.25, 0.3) is 0 Å². The van der Waals surface area contributed by atoms with Crippen LogP contribution in [0.2, 0.25) is 0 Å². The van der Waals surface area contributed by atoms with Crippen molar-refractivity contribution in [2.24, 2.45) is 7.05 Å². The largest absolute Gasteiger partial charge is 0.342 e. The normalized spacial score (nSPS) is 26.1. The Bertz CT molecular complexity index is 541. The number of hydrogen-bond donors (Lipinski definition) is 1. The molecular weight excluding hydrogens is 270 g/mol. The third-order valence-corrected chi connectivity index (χ3v) is 4.19. The molecule has 2 amide bonds. The minimum absolute atomic E-state index is 0.0357. The molecule has 7 heteroatoms. The third-order valence-electron chi connectivity index (χ3n) is 4.19. The molecule has 7 nitrogen and oxygen atoms in total. The van der Waals surface area contributed by atoms with Gasteiger partial charge in [0.2, 0.25) is 11.8 Å². The van der Waals surface area contributed by atoms with Crippen LogP contribution >= 0.6 is 0 Å². The first-order chi connectivity index (χ1) is 9.92. The second-order valence-electron chi connectivity index (χ2n) is 5.75. The summed E-state index contributed by atoms with van der Waals surface area (Å²) in [5.41, 5.74) is -0.144. The lowest BCUT2D eigenvalue weighted by Crippen LogP contribution is -2.68. The third kappa shape index (κ3) is 2.77. The molecule has 1 N–H and O–H groups in total. The number of hydrogen-bond acceptors (Lipinski definition) is 4. The summed E-state index contributed by atoms with van der Waals surface area (Å²) < 4.78 is 1.59. The number of nitrogens with one attached hydrogen (secondary N) is 1. The van der Waals surface area contributed by atoms with E-state index in [9.17, 15) is 9.59 Å². The van der Waals surface area contributed by atoms with E-state index in [-0.39, 0.29) is 11.8 Å².